The van der Waals surface area contributed by atoms with Crippen molar-refractivity contribution >= 4 is 22.6 Å². The van der Waals surface area contributed by atoms with Gasteiger partial charge in [0.15, 0.2) is 0 Å². The van der Waals surface area contributed by atoms with Gasteiger partial charge in [0.05, 0.1) is 22.9 Å². The van der Waals surface area contributed by atoms with Crippen molar-refractivity contribution in [1.82, 2.24) is 9.55 Å². The van der Waals surface area contributed by atoms with Gasteiger partial charge in [0, 0.05) is 12.1 Å². The smallest absolute Gasteiger partial charge is 0.335 e. The zero-order valence-corrected chi connectivity index (χ0v) is 17.4. The van der Waals surface area contributed by atoms with E-state index in [1.54, 1.807) is 18.2 Å². The lowest BCUT2D eigenvalue weighted by atomic mass is 9.93. The molecule has 0 bridgehead atoms. The molecule has 0 spiro atoms. The number of allylic oxidation sites excluding steroid dienone is 1. The first kappa shape index (κ1) is 19.1. The summed E-state index contributed by atoms with van der Waals surface area (Å²) in [5.41, 5.74) is 8.64. The summed E-state index contributed by atoms with van der Waals surface area (Å²) in [6, 6.07) is 17.4. The minimum Gasteiger partial charge on any atom is -0.488 e. The van der Waals surface area contributed by atoms with Gasteiger partial charge in [-0.25, -0.2) is 9.78 Å². The predicted molar refractivity (Wildman–Crippen MR) is 120 cm³/mol. The highest BCUT2D eigenvalue weighted by Gasteiger charge is 2.20. The fraction of sp³-hybridized carbons (Fsp3) is 0.154. The van der Waals surface area contributed by atoms with Gasteiger partial charge in [-0.3, -0.25) is 0 Å². The van der Waals surface area contributed by atoms with Gasteiger partial charge in [0.25, 0.3) is 0 Å². The van der Waals surface area contributed by atoms with Crippen LogP contribution in [0.3, 0.4) is 0 Å². The molecular weight excluding hydrogens is 388 g/mol. The maximum Gasteiger partial charge on any atom is 0.335 e. The second kappa shape index (κ2) is 7.43. The highest BCUT2D eigenvalue weighted by atomic mass is 16.5. The van der Waals surface area contributed by atoms with Crippen molar-refractivity contribution in [3.8, 4) is 5.75 Å². The van der Waals surface area contributed by atoms with E-state index in [0.717, 1.165) is 33.3 Å². The lowest BCUT2D eigenvalue weighted by molar-refractivity contribution is 0.0697. The highest BCUT2D eigenvalue weighted by molar-refractivity contribution is 5.92. The standard InChI is InChI=1S/C26H22N2O3/c1-16-7-9-23-25(17(16)2)27-15-28(23)12-11-21-20-6-4-3-5-19(20)14-31-24-10-8-18(26(29)30)13-22(21)24/h3-11,13,15H,12,14H2,1-2H3,(H,29,30). The number of fused-ring (bicyclic) bond motifs is 3. The van der Waals surface area contributed by atoms with Gasteiger partial charge in [-0.15, -0.1) is 0 Å². The van der Waals surface area contributed by atoms with Crippen LogP contribution in [-0.4, -0.2) is 20.6 Å². The van der Waals surface area contributed by atoms with Crippen molar-refractivity contribution in [2.45, 2.75) is 27.0 Å². The Kier molecular flexibility index (Phi) is 4.59. The molecule has 1 N–H and O–H groups in total. The van der Waals surface area contributed by atoms with Crippen molar-refractivity contribution in [2.24, 2.45) is 0 Å². The Morgan fingerprint density at radius 3 is 2.81 bits per heavy atom. The Morgan fingerprint density at radius 2 is 1.97 bits per heavy atom. The fourth-order valence-electron chi connectivity index (χ4n) is 4.13. The molecule has 0 saturated heterocycles. The van der Waals surface area contributed by atoms with Crippen LogP contribution in [0.1, 0.15) is 38.2 Å². The Morgan fingerprint density at radius 1 is 1.13 bits per heavy atom. The second-order valence-corrected chi connectivity index (χ2v) is 7.85. The SMILES string of the molecule is Cc1ccc2c(ncn2CC=C2c3ccccc3COc3ccc(C(=O)O)cc32)c1C. The van der Waals surface area contributed by atoms with Crippen LogP contribution in [0.25, 0.3) is 16.6 Å². The lowest BCUT2D eigenvalue weighted by Crippen LogP contribution is -2.00. The van der Waals surface area contributed by atoms with E-state index in [1.807, 2.05) is 24.5 Å². The topological polar surface area (TPSA) is 64.4 Å². The number of carboxylic acid groups (broad SMARTS) is 1. The summed E-state index contributed by atoms with van der Waals surface area (Å²) in [4.78, 5) is 16.2. The van der Waals surface area contributed by atoms with E-state index in [-0.39, 0.29) is 5.56 Å². The Hall–Kier alpha value is -3.86. The average molecular weight is 410 g/mol. The van der Waals surface area contributed by atoms with Gasteiger partial charge in [0.2, 0.25) is 0 Å². The first-order valence-electron chi connectivity index (χ1n) is 10.2. The van der Waals surface area contributed by atoms with Crippen molar-refractivity contribution in [3.63, 3.8) is 0 Å². The monoisotopic (exact) mass is 410 g/mol. The first-order valence-corrected chi connectivity index (χ1v) is 10.2. The summed E-state index contributed by atoms with van der Waals surface area (Å²) >= 11 is 0. The number of hydrogen-bond acceptors (Lipinski definition) is 3. The zero-order chi connectivity index (χ0) is 21.5. The number of rotatable bonds is 3. The molecule has 1 aliphatic heterocycles. The van der Waals surface area contributed by atoms with E-state index in [4.69, 9.17) is 4.74 Å². The molecule has 31 heavy (non-hydrogen) atoms. The van der Waals surface area contributed by atoms with Gasteiger partial charge < -0.3 is 14.4 Å². The number of nitrogens with zero attached hydrogens (tertiary/aromatic N) is 2. The molecule has 2 heterocycles. The molecule has 4 aromatic rings. The number of carboxylic acids is 1. The summed E-state index contributed by atoms with van der Waals surface area (Å²) in [6.45, 7) is 5.24. The van der Waals surface area contributed by atoms with Crippen LogP contribution in [0.2, 0.25) is 0 Å². The highest BCUT2D eigenvalue weighted by Crippen LogP contribution is 2.37. The van der Waals surface area contributed by atoms with Crippen LogP contribution in [0, 0.1) is 13.8 Å². The third kappa shape index (κ3) is 3.28. The molecule has 0 amide bonds. The van der Waals surface area contributed by atoms with Crippen LogP contribution in [0.4, 0.5) is 0 Å². The summed E-state index contributed by atoms with van der Waals surface area (Å²) in [6.07, 6.45) is 4.00. The molecule has 0 unspecified atom stereocenters. The number of aromatic carboxylic acids is 1. The molecule has 0 saturated carbocycles. The van der Waals surface area contributed by atoms with E-state index < -0.39 is 5.97 Å². The number of imidazole rings is 1. The third-order valence-electron chi connectivity index (χ3n) is 6.02. The molecular formula is C26H22N2O3. The Bertz CT molecular complexity index is 1360. The van der Waals surface area contributed by atoms with E-state index in [1.165, 1.54) is 11.1 Å². The number of aryl methyl sites for hydroxylation is 2. The number of benzene rings is 3. The van der Waals surface area contributed by atoms with E-state index in [2.05, 4.69) is 47.7 Å². The quantitative estimate of drug-likeness (QED) is 0.493. The van der Waals surface area contributed by atoms with Gasteiger partial charge in [-0.05, 0) is 65.9 Å². The summed E-state index contributed by atoms with van der Waals surface area (Å²) in [5, 5.41) is 9.51. The predicted octanol–water partition coefficient (Wildman–Crippen LogP) is 5.38. The van der Waals surface area contributed by atoms with Crippen molar-refractivity contribution in [1.29, 1.82) is 0 Å². The van der Waals surface area contributed by atoms with Crippen LogP contribution in [-0.2, 0) is 13.2 Å². The Balaban J connectivity index is 1.66. The van der Waals surface area contributed by atoms with Crippen LogP contribution >= 0.6 is 0 Å². The van der Waals surface area contributed by atoms with Crippen LogP contribution in [0.5, 0.6) is 5.75 Å². The molecule has 0 aliphatic carbocycles. The van der Waals surface area contributed by atoms with Gasteiger partial charge in [-0.1, -0.05) is 36.4 Å². The number of ether oxygens (including phenoxy) is 1. The summed E-state index contributed by atoms with van der Waals surface area (Å²) in [7, 11) is 0. The molecule has 3 aromatic carbocycles. The molecule has 5 rings (SSSR count). The van der Waals surface area contributed by atoms with E-state index >= 15 is 0 Å². The fourth-order valence-corrected chi connectivity index (χ4v) is 4.13. The second-order valence-electron chi connectivity index (χ2n) is 7.85. The van der Waals surface area contributed by atoms with Gasteiger partial charge in [-0.2, -0.15) is 0 Å². The van der Waals surface area contributed by atoms with Crippen molar-refractivity contribution in [3.05, 3.63) is 100 Å². The molecule has 5 heteroatoms. The van der Waals surface area contributed by atoms with Gasteiger partial charge >= 0.3 is 5.97 Å². The Labute approximate surface area is 180 Å². The van der Waals surface area contributed by atoms with Crippen LogP contribution < -0.4 is 4.74 Å². The normalized spacial score (nSPS) is 14.1. The van der Waals surface area contributed by atoms with E-state index in [9.17, 15) is 9.90 Å². The van der Waals surface area contributed by atoms with Crippen molar-refractivity contribution < 1.29 is 14.6 Å². The zero-order valence-electron chi connectivity index (χ0n) is 17.4. The molecule has 0 radical (unpaired) electrons. The molecule has 1 aliphatic rings. The maximum atomic E-state index is 11.6. The minimum atomic E-state index is -0.953. The van der Waals surface area contributed by atoms with Crippen LogP contribution in [0.15, 0.2) is 67.0 Å². The number of aromatic nitrogens is 2. The summed E-state index contributed by atoms with van der Waals surface area (Å²) in [5.74, 6) is -0.263. The van der Waals surface area contributed by atoms with Crippen molar-refractivity contribution in [2.75, 3.05) is 0 Å². The molecule has 154 valence electrons. The van der Waals surface area contributed by atoms with Gasteiger partial charge in [0.1, 0.15) is 12.4 Å². The largest absolute Gasteiger partial charge is 0.488 e. The molecule has 0 atom stereocenters. The number of carbonyl (C=O) groups is 1. The third-order valence-corrected chi connectivity index (χ3v) is 6.02. The molecule has 1 aromatic heterocycles. The first-order chi connectivity index (χ1) is 15.0. The summed E-state index contributed by atoms with van der Waals surface area (Å²) < 4.78 is 8.14. The minimum absolute atomic E-state index is 0.242. The average Bonchev–Trinajstić information content (AvgIpc) is 3.12. The maximum absolute atomic E-state index is 11.6. The lowest BCUT2D eigenvalue weighted by Gasteiger charge is -2.12. The number of hydrogen-bond donors (Lipinski definition) is 1. The molecule has 0 fully saturated rings. The van der Waals surface area contributed by atoms with E-state index in [0.29, 0.717) is 18.9 Å². The molecule has 5 nitrogen and oxygen atoms in total.